The molecule has 0 saturated carbocycles. The van der Waals surface area contributed by atoms with Gasteiger partial charge in [-0.25, -0.2) is 13.6 Å². The van der Waals surface area contributed by atoms with Crippen molar-refractivity contribution in [3.8, 4) is 0 Å². The smallest absolute Gasteiger partial charge is 0.338 e. The number of hydrogen-bond donors (Lipinski definition) is 0. The van der Waals surface area contributed by atoms with Crippen molar-refractivity contribution in [3.05, 3.63) is 65.2 Å². The van der Waals surface area contributed by atoms with Crippen molar-refractivity contribution in [2.45, 2.75) is 10.6 Å². The third-order valence-electron chi connectivity index (χ3n) is 2.73. The van der Waals surface area contributed by atoms with Gasteiger partial charge in [0.25, 0.3) is 0 Å². The molecule has 0 unspecified atom stereocenters. The molecule has 20 heavy (non-hydrogen) atoms. The fraction of sp³-hybridized carbons (Fsp3) is 0.133. The van der Waals surface area contributed by atoms with Crippen LogP contribution in [0.2, 0.25) is 0 Å². The Morgan fingerprint density at radius 2 is 1.85 bits per heavy atom. The van der Waals surface area contributed by atoms with Crippen molar-refractivity contribution in [1.82, 2.24) is 0 Å². The molecule has 0 aromatic heterocycles. The van der Waals surface area contributed by atoms with Crippen molar-refractivity contribution >= 4 is 17.7 Å². The molecule has 0 radical (unpaired) electrons. The zero-order valence-corrected chi connectivity index (χ0v) is 11.5. The number of esters is 1. The Morgan fingerprint density at radius 3 is 2.50 bits per heavy atom. The fourth-order valence-corrected chi connectivity index (χ4v) is 2.65. The summed E-state index contributed by atoms with van der Waals surface area (Å²) in [7, 11) is 1.21. The highest BCUT2D eigenvalue weighted by molar-refractivity contribution is 7.98. The number of benzene rings is 2. The first-order chi connectivity index (χ1) is 9.63. The third kappa shape index (κ3) is 3.17. The van der Waals surface area contributed by atoms with Gasteiger partial charge in [-0.1, -0.05) is 18.2 Å². The predicted octanol–water partition coefficient (Wildman–Crippen LogP) is 4.04. The minimum absolute atomic E-state index is 0.0192. The number of halogens is 2. The van der Waals surface area contributed by atoms with Gasteiger partial charge in [0.2, 0.25) is 0 Å². The van der Waals surface area contributed by atoms with Crippen LogP contribution in [0.25, 0.3) is 0 Å². The zero-order valence-electron chi connectivity index (χ0n) is 10.7. The number of carbonyl (C=O) groups is 1. The highest BCUT2D eigenvalue weighted by Gasteiger charge is 2.19. The summed E-state index contributed by atoms with van der Waals surface area (Å²) < 4.78 is 31.8. The van der Waals surface area contributed by atoms with Crippen LogP contribution in [0.3, 0.4) is 0 Å². The van der Waals surface area contributed by atoms with Crippen LogP contribution in [0.5, 0.6) is 0 Å². The van der Waals surface area contributed by atoms with E-state index in [0.29, 0.717) is 0 Å². The largest absolute Gasteiger partial charge is 0.465 e. The molecule has 5 heteroatoms. The summed E-state index contributed by atoms with van der Waals surface area (Å²) in [6, 6.07) is 11.5. The molecule has 0 bridgehead atoms. The Labute approximate surface area is 119 Å². The lowest BCUT2D eigenvalue weighted by Gasteiger charge is -2.09. The molecule has 104 valence electrons. The van der Waals surface area contributed by atoms with Crippen molar-refractivity contribution in [1.29, 1.82) is 0 Å². The lowest BCUT2D eigenvalue weighted by Crippen LogP contribution is -2.08. The standard InChI is InChI=1S/C15H12F2O2S/c1-19-15(18)11-7-8-13(16)14(17)12(11)9-20-10-5-3-2-4-6-10/h2-8H,9H2,1H3. The first-order valence-electron chi connectivity index (χ1n) is 5.86. The normalized spacial score (nSPS) is 10.3. The molecule has 0 spiro atoms. The maximum Gasteiger partial charge on any atom is 0.338 e. The lowest BCUT2D eigenvalue weighted by atomic mass is 10.1. The number of carbonyl (C=O) groups excluding carboxylic acids is 1. The van der Waals surface area contributed by atoms with Gasteiger partial charge in [0.1, 0.15) is 0 Å². The van der Waals surface area contributed by atoms with E-state index in [4.69, 9.17) is 0 Å². The molecule has 0 aliphatic heterocycles. The van der Waals surface area contributed by atoms with Crippen LogP contribution in [0.4, 0.5) is 8.78 Å². The van der Waals surface area contributed by atoms with Gasteiger partial charge in [0.05, 0.1) is 12.7 Å². The molecule has 0 saturated heterocycles. The van der Waals surface area contributed by atoms with E-state index in [1.807, 2.05) is 30.3 Å². The highest BCUT2D eigenvalue weighted by atomic mass is 32.2. The monoisotopic (exact) mass is 294 g/mol. The number of hydrogen-bond acceptors (Lipinski definition) is 3. The quantitative estimate of drug-likeness (QED) is 0.629. The van der Waals surface area contributed by atoms with Gasteiger partial charge < -0.3 is 4.74 Å². The van der Waals surface area contributed by atoms with Crippen LogP contribution >= 0.6 is 11.8 Å². The average Bonchev–Trinajstić information content (AvgIpc) is 2.49. The van der Waals surface area contributed by atoms with Gasteiger partial charge in [-0.05, 0) is 24.3 Å². The van der Waals surface area contributed by atoms with E-state index < -0.39 is 17.6 Å². The average molecular weight is 294 g/mol. The second-order valence-electron chi connectivity index (χ2n) is 3.98. The van der Waals surface area contributed by atoms with Gasteiger partial charge in [-0.15, -0.1) is 11.8 Å². The van der Waals surface area contributed by atoms with Crippen LogP contribution < -0.4 is 0 Å². The van der Waals surface area contributed by atoms with E-state index in [2.05, 4.69) is 4.74 Å². The summed E-state index contributed by atoms with van der Waals surface area (Å²) in [6.45, 7) is 0. The summed E-state index contributed by atoms with van der Waals surface area (Å²) in [5.41, 5.74) is 0.0699. The Kier molecular flexibility index (Phi) is 4.74. The topological polar surface area (TPSA) is 26.3 Å². The molecule has 2 aromatic carbocycles. The SMILES string of the molecule is COC(=O)c1ccc(F)c(F)c1CSc1ccccc1. The maximum absolute atomic E-state index is 13.9. The molecular weight excluding hydrogens is 282 g/mol. The van der Waals surface area contributed by atoms with E-state index in [-0.39, 0.29) is 16.9 Å². The molecular formula is C15H12F2O2S. The number of methoxy groups -OCH3 is 1. The predicted molar refractivity (Wildman–Crippen MR) is 73.7 cm³/mol. The molecule has 0 N–H and O–H groups in total. The van der Waals surface area contributed by atoms with Crippen LogP contribution in [-0.4, -0.2) is 13.1 Å². The van der Waals surface area contributed by atoms with Gasteiger partial charge >= 0.3 is 5.97 Å². The third-order valence-corrected chi connectivity index (χ3v) is 3.77. The van der Waals surface area contributed by atoms with Crippen molar-refractivity contribution in [3.63, 3.8) is 0 Å². The van der Waals surface area contributed by atoms with Crippen molar-refractivity contribution in [2.24, 2.45) is 0 Å². The summed E-state index contributed by atoms with van der Waals surface area (Å²) >= 11 is 1.32. The summed E-state index contributed by atoms with van der Waals surface area (Å²) in [4.78, 5) is 12.5. The number of ether oxygens (including phenoxy) is 1. The molecule has 2 nitrogen and oxygen atoms in total. The fourth-order valence-electron chi connectivity index (χ4n) is 1.71. The van der Waals surface area contributed by atoms with E-state index in [1.165, 1.54) is 24.9 Å². The first-order valence-corrected chi connectivity index (χ1v) is 6.85. The maximum atomic E-state index is 13.9. The summed E-state index contributed by atoms with van der Waals surface area (Å²) in [6.07, 6.45) is 0. The van der Waals surface area contributed by atoms with E-state index in [0.717, 1.165) is 11.0 Å². The van der Waals surface area contributed by atoms with E-state index >= 15 is 0 Å². The summed E-state index contributed by atoms with van der Waals surface area (Å²) in [5, 5.41) is 0. The molecule has 0 amide bonds. The second-order valence-corrected chi connectivity index (χ2v) is 5.03. The number of thioether (sulfide) groups is 1. The Balaban J connectivity index is 2.29. The molecule has 0 aliphatic carbocycles. The molecule has 0 aliphatic rings. The van der Waals surface area contributed by atoms with Crippen LogP contribution in [0, 0.1) is 11.6 Å². The van der Waals surface area contributed by atoms with Crippen molar-refractivity contribution < 1.29 is 18.3 Å². The van der Waals surface area contributed by atoms with E-state index in [1.54, 1.807) is 0 Å². The van der Waals surface area contributed by atoms with Gasteiger partial charge in [0, 0.05) is 16.2 Å². The molecule has 0 heterocycles. The van der Waals surface area contributed by atoms with Gasteiger partial charge in [-0.2, -0.15) is 0 Å². The Hall–Kier alpha value is -1.88. The first kappa shape index (κ1) is 14.5. The highest BCUT2D eigenvalue weighted by Crippen LogP contribution is 2.27. The molecule has 2 aromatic rings. The minimum Gasteiger partial charge on any atom is -0.465 e. The van der Waals surface area contributed by atoms with Crippen LogP contribution in [0.1, 0.15) is 15.9 Å². The zero-order chi connectivity index (χ0) is 14.5. The second kappa shape index (κ2) is 6.52. The number of rotatable bonds is 4. The van der Waals surface area contributed by atoms with E-state index in [9.17, 15) is 13.6 Å². The Morgan fingerprint density at radius 1 is 1.15 bits per heavy atom. The minimum atomic E-state index is -1.00. The molecule has 0 fully saturated rings. The summed E-state index contributed by atoms with van der Waals surface area (Å²) in [5.74, 6) is -2.50. The Bertz CT molecular complexity index is 615. The molecule has 0 atom stereocenters. The molecule has 2 rings (SSSR count). The van der Waals surface area contributed by atoms with Crippen LogP contribution in [-0.2, 0) is 10.5 Å². The van der Waals surface area contributed by atoms with Crippen molar-refractivity contribution in [2.75, 3.05) is 7.11 Å². The van der Waals surface area contributed by atoms with Gasteiger partial charge in [0.15, 0.2) is 11.6 Å². The van der Waals surface area contributed by atoms with Gasteiger partial charge in [-0.3, -0.25) is 0 Å². The van der Waals surface area contributed by atoms with Crippen LogP contribution in [0.15, 0.2) is 47.4 Å². The lowest BCUT2D eigenvalue weighted by molar-refractivity contribution is 0.0599.